The Labute approximate surface area is 72.4 Å². The fourth-order valence-corrected chi connectivity index (χ4v) is 1.07. The lowest BCUT2D eigenvalue weighted by molar-refractivity contribution is 0.189. The normalized spacial score (nSPS) is 12.6. The molecule has 0 aliphatic rings. The van der Waals surface area contributed by atoms with Crippen LogP contribution in [0, 0.1) is 0 Å². The predicted molar refractivity (Wildman–Crippen MR) is 49.9 cm³/mol. The molecule has 0 spiro atoms. The van der Waals surface area contributed by atoms with Gasteiger partial charge in [0.1, 0.15) is 6.23 Å². The first kappa shape index (κ1) is 9.03. The van der Waals surface area contributed by atoms with Crippen molar-refractivity contribution in [2.75, 3.05) is 18.5 Å². The molecule has 66 valence electrons. The third-order valence-corrected chi connectivity index (χ3v) is 1.66. The number of aliphatic hydroxyl groups excluding tert-OH is 1. The summed E-state index contributed by atoms with van der Waals surface area (Å²) >= 11 is 0. The van der Waals surface area contributed by atoms with Crippen molar-refractivity contribution in [3.63, 3.8) is 0 Å². The first-order chi connectivity index (χ1) is 5.70. The minimum Gasteiger partial charge on any atom is -0.377 e. The number of hydrogen-bond donors (Lipinski definition) is 2. The number of hydrogen-bond acceptors (Lipinski definition) is 3. The third kappa shape index (κ3) is 2.53. The van der Waals surface area contributed by atoms with Gasteiger partial charge in [-0.05, 0) is 12.1 Å². The van der Waals surface area contributed by atoms with E-state index in [1.165, 1.54) is 0 Å². The van der Waals surface area contributed by atoms with E-state index in [2.05, 4.69) is 0 Å². The van der Waals surface area contributed by atoms with E-state index in [0.29, 0.717) is 6.54 Å². The number of nitrogens with zero attached hydrogens (tertiary/aromatic N) is 1. The van der Waals surface area contributed by atoms with Gasteiger partial charge >= 0.3 is 0 Å². The SMILES string of the molecule is CN(CC(N)O)c1ccccc1. The Bertz CT molecular complexity index is 223. The van der Waals surface area contributed by atoms with Gasteiger partial charge in [-0.2, -0.15) is 0 Å². The average Bonchev–Trinajstić information content (AvgIpc) is 2.05. The van der Waals surface area contributed by atoms with Crippen molar-refractivity contribution in [3.8, 4) is 0 Å². The van der Waals surface area contributed by atoms with Crippen LogP contribution >= 0.6 is 0 Å². The van der Waals surface area contributed by atoms with Crippen molar-refractivity contribution in [3.05, 3.63) is 30.3 Å². The van der Waals surface area contributed by atoms with Crippen LogP contribution in [0.2, 0.25) is 0 Å². The topological polar surface area (TPSA) is 49.5 Å². The number of likely N-dealkylation sites (N-methyl/N-ethyl adjacent to an activating group) is 1. The molecule has 0 aromatic heterocycles. The molecule has 3 nitrogen and oxygen atoms in total. The molecule has 1 atom stereocenters. The summed E-state index contributed by atoms with van der Waals surface area (Å²) in [7, 11) is 1.89. The molecule has 0 bridgehead atoms. The Kier molecular flexibility index (Phi) is 3.08. The van der Waals surface area contributed by atoms with E-state index in [-0.39, 0.29) is 0 Å². The lowest BCUT2D eigenvalue weighted by atomic mass is 10.3. The monoisotopic (exact) mass is 166 g/mol. The summed E-state index contributed by atoms with van der Waals surface area (Å²) in [6, 6.07) is 9.81. The average molecular weight is 166 g/mol. The maximum atomic E-state index is 8.92. The van der Waals surface area contributed by atoms with Gasteiger partial charge in [0.15, 0.2) is 0 Å². The zero-order valence-electron chi connectivity index (χ0n) is 7.14. The quantitative estimate of drug-likeness (QED) is 0.639. The Balaban J connectivity index is 2.59. The van der Waals surface area contributed by atoms with E-state index in [1.54, 1.807) is 0 Å². The fourth-order valence-electron chi connectivity index (χ4n) is 1.07. The maximum Gasteiger partial charge on any atom is 0.120 e. The molecule has 0 saturated carbocycles. The van der Waals surface area contributed by atoms with Gasteiger partial charge in [0, 0.05) is 12.7 Å². The summed E-state index contributed by atoms with van der Waals surface area (Å²) in [5.74, 6) is 0. The smallest absolute Gasteiger partial charge is 0.120 e. The number of aliphatic hydroxyl groups is 1. The number of anilines is 1. The Hall–Kier alpha value is -1.06. The fraction of sp³-hybridized carbons (Fsp3) is 0.333. The largest absolute Gasteiger partial charge is 0.377 e. The summed E-state index contributed by atoms with van der Waals surface area (Å²) in [4.78, 5) is 1.91. The molecular formula is C9H14N2O. The summed E-state index contributed by atoms with van der Waals surface area (Å²) in [6.45, 7) is 0.448. The zero-order valence-corrected chi connectivity index (χ0v) is 7.14. The molecule has 1 rings (SSSR count). The second kappa shape index (κ2) is 4.09. The molecule has 3 N–H and O–H groups in total. The number of benzene rings is 1. The van der Waals surface area contributed by atoms with Crippen molar-refractivity contribution in [2.24, 2.45) is 5.73 Å². The highest BCUT2D eigenvalue weighted by Gasteiger charge is 2.02. The minimum atomic E-state index is -0.782. The molecule has 0 aliphatic heterocycles. The molecule has 12 heavy (non-hydrogen) atoms. The highest BCUT2D eigenvalue weighted by atomic mass is 16.3. The Morgan fingerprint density at radius 2 is 2.00 bits per heavy atom. The van der Waals surface area contributed by atoms with Crippen molar-refractivity contribution in [1.29, 1.82) is 0 Å². The summed E-state index contributed by atoms with van der Waals surface area (Å²) < 4.78 is 0. The van der Waals surface area contributed by atoms with E-state index >= 15 is 0 Å². The van der Waals surface area contributed by atoms with Crippen molar-refractivity contribution in [1.82, 2.24) is 0 Å². The van der Waals surface area contributed by atoms with E-state index in [1.807, 2.05) is 42.3 Å². The summed E-state index contributed by atoms with van der Waals surface area (Å²) in [6.07, 6.45) is -0.782. The van der Waals surface area contributed by atoms with E-state index in [0.717, 1.165) is 5.69 Å². The first-order valence-corrected chi connectivity index (χ1v) is 3.90. The van der Waals surface area contributed by atoms with Crippen LogP contribution in [0.1, 0.15) is 0 Å². The van der Waals surface area contributed by atoms with Crippen LogP contribution in [0.5, 0.6) is 0 Å². The standard InChI is InChI=1S/C9H14N2O/c1-11(7-9(10)12)8-5-3-2-4-6-8/h2-6,9,12H,7,10H2,1H3. The van der Waals surface area contributed by atoms with Crippen LogP contribution in [0.4, 0.5) is 5.69 Å². The molecule has 3 heteroatoms. The number of nitrogens with two attached hydrogens (primary N) is 1. The molecule has 1 aromatic rings. The molecule has 0 amide bonds. The van der Waals surface area contributed by atoms with Crippen molar-refractivity contribution >= 4 is 5.69 Å². The second-order valence-electron chi connectivity index (χ2n) is 2.78. The van der Waals surface area contributed by atoms with Crippen molar-refractivity contribution < 1.29 is 5.11 Å². The third-order valence-electron chi connectivity index (χ3n) is 1.66. The summed E-state index contributed by atoms with van der Waals surface area (Å²) in [5.41, 5.74) is 6.30. The molecule has 1 aromatic carbocycles. The highest BCUT2D eigenvalue weighted by Crippen LogP contribution is 2.09. The Morgan fingerprint density at radius 1 is 1.42 bits per heavy atom. The molecule has 0 fully saturated rings. The lowest BCUT2D eigenvalue weighted by Crippen LogP contribution is -2.34. The van der Waals surface area contributed by atoms with Crippen LogP contribution in [0.15, 0.2) is 30.3 Å². The van der Waals surface area contributed by atoms with Gasteiger partial charge in [-0.3, -0.25) is 0 Å². The molecule has 0 saturated heterocycles. The van der Waals surface area contributed by atoms with E-state index in [4.69, 9.17) is 10.8 Å². The molecule has 0 aliphatic carbocycles. The predicted octanol–water partition coefficient (Wildman–Crippen LogP) is 0.400. The zero-order chi connectivity index (χ0) is 8.97. The maximum absolute atomic E-state index is 8.92. The van der Waals surface area contributed by atoms with E-state index < -0.39 is 6.23 Å². The molecular weight excluding hydrogens is 152 g/mol. The van der Waals surface area contributed by atoms with Crippen LogP contribution < -0.4 is 10.6 Å². The van der Waals surface area contributed by atoms with Gasteiger partial charge in [0.2, 0.25) is 0 Å². The van der Waals surface area contributed by atoms with Crippen molar-refractivity contribution in [2.45, 2.75) is 6.23 Å². The van der Waals surface area contributed by atoms with Crippen LogP contribution in [-0.4, -0.2) is 24.9 Å². The first-order valence-electron chi connectivity index (χ1n) is 3.90. The lowest BCUT2D eigenvalue weighted by Gasteiger charge is -2.20. The van der Waals surface area contributed by atoms with Gasteiger partial charge in [-0.15, -0.1) is 0 Å². The van der Waals surface area contributed by atoms with Crippen LogP contribution in [-0.2, 0) is 0 Å². The van der Waals surface area contributed by atoms with Crippen LogP contribution in [0.3, 0.4) is 0 Å². The van der Waals surface area contributed by atoms with Gasteiger partial charge in [0.25, 0.3) is 0 Å². The van der Waals surface area contributed by atoms with Gasteiger partial charge in [-0.1, -0.05) is 18.2 Å². The Morgan fingerprint density at radius 3 is 2.50 bits per heavy atom. The number of rotatable bonds is 3. The highest BCUT2D eigenvalue weighted by molar-refractivity contribution is 5.44. The second-order valence-corrected chi connectivity index (χ2v) is 2.78. The van der Waals surface area contributed by atoms with Gasteiger partial charge in [0.05, 0.1) is 6.54 Å². The molecule has 1 unspecified atom stereocenters. The summed E-state index contributed by atoms with van der Waals surface area (Å²) in [5, 5.41) is 8.92. The van der Waals surface area contributed by atoms with Gasteiger partial charge in [-0.25, -0.2) is 0 Å². The van der Waals surface area contributed by atoms with E-state index in [9.17, 15) is 0 Å². The molecule has 0 heterocycles. The van der Waals surface area contributed by atoms with Gasteiger partial charge < -0.3 is 15.7 Å². The van der Waals surface area contributed by atoms with Crippen LogP contribution in [0.25, 0.3) is 0 Å². The molecule has 0 radical (unpaired) electrons. The number of para-hydroxylation sites is 1. The minimum absolute atomic E-state index is 0.448.